The average molecular weight is 327 g/mol. The molecule has 0 bridgehead atoms. The molecule has 0 spiro atoms. The fourth-order valence-electron chi connectivity index (χ4n) is 2.59. The van der Waals surface area contributed by atoms with Crippen LogP contribution in [0.15, 0.2) is 29.2 Å². The van der Waals surface area contributed by atoms with E-state index in [2.05, 4.69) is 4.83 Å². The summed E-state index contributed by atoms with van der Waals surface area (Å²) >= 11 is 4.86. The first-order chi connectivity index (χ1) is 9.81. The van der Waals surface area contributed by atoms with Gasteiger partial charge in [-0.2, -0.15) is 0 Å². The van der Waals surface area contributed by atoms with Gasteiger partial charge in [0.25, 0.3) is 10.0 Å². The van der Waals surface area contributed by atoms with Gasteiger partial charge < -0.3 is 5.73 Å². The van der Waals surface area contributed by atoms with Gasteiger partial charge in [0.05, 0.1) is 4.90 Å². The smallest absolute Gasteiger partial charge is 0.253 e. The first-order valence-corrected chi connectivity index (χ1v) is 8.91. The normalized spacial score (nSPS) is 23.9. The molecule has 1 aliphatic rings. The van der Waals surface area contributed by atoms with Gasteiger partial charge in [0.2, 0.25) is 0 Å². The molecule has 0 radical (unpaired) electrons. The molecule has 0 aliphatic carbocycles. The number of nitrogens with two attached hydrogens (primary N) is 1. The molecular weight excluding hydrogens is 306 g/mol. The minimum absolute atomic E-state index is 0.194. The zero-order chi connectivity index (χ0) is 15.6. The number of sulfonamides is 1. The monoisotopic (exact) mass is 327 g/mol. The maximum Gasteiger partial charge on any atom is 0.253 e. The second kappa shape index (κ2) is 6.39. The third-order valence-electron chi connectivity index (χ3n) is 3.87. The molecule has 3 N–H and O–H groups in total. The molecule has 2 atom stereocenters. The molecule has 7 heteroatoms. The lowest BCUT2D eigenvalue weighted by Gasteiger charge is -2.38. The number of nitrogens with one attached hydrogen (secondary N) is 1. The lowest BCUT2D eigenvalue weighted by Crippen LogP contribution is -2.53. The standard InChI is InChI=1S/C14H21N3O2S2/c1-10-4-3-5-11(2)17(10)16-21(18,19)13-8-6-12(7-9-13)14(15)20/h6-11,16H,3-5H2,1-2H3,(H2,15,20). The maximum absolute atomic E-state index is 12.5. The van der Waals surface area contributed by atoms with E-state index in [1.807, 2.05) is 18.9 Å². The molecular formula is C14H21N3O2S2. The Kier molecular flexibility index (Phi) is 4.98. The fourth-order valence-corrected chi connectivity index (χ4v) is 3.96. The highest BCUT2D eigenvalue weighted by atomic mass is 32.2. The average Bonchev–Trinajstić information content (AvgIpc) is 2.43. The van der Waals surface area contributed by atoms with Gasteiger partial charge in [0.1, 0.15) is 4.99 Å². The summed E-state index contributed by atoms with van der Waals surface area (Å²) < 4.78 is 24.9. The molecule has 116 valence electrons. The summed E-state index contributed by atoms with van der Waals surface area (Å²) in [6.07, 6.45) is 3.11. The van der Waals surface area contributed by atoms with Crippen LogP contribution in [0.4, 0.5) is 0 Å². The van der Waals surface area contributed by atoms with E-state index in [0.717, 1.165) is 19.3 Å². The Labute approximate surface area is 131 Å². The van der Waals surface area contributed by atoms with Crippen molar-refractivity contribution in [2.75, 3.05) is 0 Å². The van der Waals surface area contributed by atoms with E-state index in [4.69, 9.17) is 18.0 Å². The molecule has 5 nitrogen and oxygen atoms in total. The van der Waals surface area contributed by atoms with Crippen LogP contribution in [0.2, 0.25) is 0 Å². The topological polar surface area (TPSA) is 75.4 Å². The first-order valence-electron chi connectivity index (χ1n) is 7.02. The van der Waals surface area contributed by atoms with Crippen molar-refractivity contribution < 1.29 is 8.42 Å². The lowest BCUT2D eigenvalue weighted by atomic mass is 10.0. The van der Waals surface area contributed by atoms with Crippen molar-refractivity contribution in [1.29, 1.82) is 0 Å². The summed E-state index contributed by atoms with van der Waals surface area (Å²) in [5.74, 6) is 0. The number of hydrogen-bond acceptors (Lipinski definition) is 4. The van der Waals surface area contributed by atoms with Gasteiger partial charge in [-0.3, -0.25) is 0 Å². The molecule has 1 saturated heterocycles. The molecule has 1 fully saturated rings. The van der Waals surface area contributed by atoms with E-state index >= 15 is 0 Å². The summed E-state index contributed by atoms with van der Waals surface area (Å²) in [7, 11) is -3.58. The third-order valence-corrected chi connectivity index (χ3v) is 5.45. The van der Waals surface area contributed by atoms with Crippen molar-refractivity contribution in [2.24, 2.45) is 5.73 Å². The highest BCUT2D eigenvalue weighted by molar-refractivity contribution is 7.89. The maximum atomic E-state index is 12.5. The molecule has 2 rings (SSSR count). The molecule has 1 aliphatic heterocycles. The third kappa shape index (κ3) is 3.79. The minimum Gasteiger partial charge on any atom is -0.389 e. The van der Waals surface area contributed by atoms with Crippen molar-refractivity contribution in [3.05, 3.63) is 29.8 Å². The van der Waals surface area contributed by atoms with E-state index in [9.17, 15) is 8.42 Å². The van der Waals surface area contributed by atoms with Gasteiger partial charge in [0, 0.05) is 17.6 Å². The lowest BCUT2D eigenvalue weighted by molar-refractivity contribution is 0.0790. The molecule has 1 aromatic rings. The number of nitrogens with zero attached hydrogens (tertiary/aromatic N) is 1. The Balaban J connectivity index is 2.19. The second-order valence-corrected chi connectivity index (χ2v) is 7.62. The molecule has 1 heterocycles. The highest BCUT2D eigenvalue weighted by Gasteiger charge is 2.29. The van der Waals surface area contributed by atoms with Crippen LogP contribution < -0.4 is 10.6 Å². The van der Waals surface area contributed by atoms with Crippen LogP contribution in [0, 0.1) is 0 Å². The van der Waals surface area contributed by atoms with Gasteiger partial charge in [-0.15, -0.1) is 4.83 Å². The van der Waals surface area contributed by atoms with Gasteiger partial charge in [0.15, 0.2) is 0 Å². The largest absolute Gasteiger partial charge is 0.389 e. The summed E-state index contributed by atoms with van der Waals surface area (Å²) in [5.41, 5.74) is 6.17. The Morgan fingerprint density at radius 2 is 1.76 bits per heavy atom. The van der Waals surface area contributed by atoms with Crippen LogP contribution in [-0.4, -0.2) is 30.5 Å². The van der Waals surface area contributed by atoms with Gasteiger partial charge in [-0.1, -0.05) is 30.8 Å². The fraction of sp³-hybridized carbons (Fsp3) is 0.500. The predicted molar refractivity (Wildman–Crippen MR) is 87.3 cm³/mol. The van der Waals surface area contributed by atoms with E-state index in [0.29, 0.717) is 5.56 Å². The van der Waals surface area contributed by atoms with Gasteiger partial charge >= 0.3 is 0 Å². The molecule has 1 aromatic carbocycles. The number of hydrazine groups is 1. The molecule has 0 saturated carbocycles. The highest BCUT2D eigenvalue weighted by Crippen LogP contribution is 2.22. The number of benzene rings is 1. The Bertz CT molecular complexity index is 604. The van der Waals surface area contributed by atoms with Crippen molar-refractivity contribution in [3.8, 4) is 0 Å². The zero-order valence-corrected chi connectivity index (χ0v) is 13.9. The Hall–Kier alpha value is -1.02. The predicted octanol–water partition coefficient (Wildman–Crippen LogP) is 1.78. The summed E-state index contributed by atoms with van der Waals surface area (Å²) in [6, 6.07) is 6.69. The summed E-state index contributed by atoms with van der Waals surface area (Å²) in [5, 5.41) is 1.83. The van der Waals surface area contributed by atoms with Crippen molar-refractivity contribution in [2.45, 2.75) is 50.1 Å². The SMILES string of the molecule is CC1CCCC(C)N1NS(=O)(=O)c1ccc(C(N)=S)cc1. The number of rotatable bonds is 4. The summed E-state index contributed by atoms with van der Waals surface area (Å²) in [4.78, 5) is 3.17. The first kappa shape index (κ1) is 16.4. The van der Waals surface area contributed by atoms with Crippen LogP contribution in [0.5, 0.6) is 0 Å². The zero-order valence-electron chi connectivity index (χ0n) is 12.2. The van der Waals surface area contributed by atoms with Crippen molar-refractivity contribution in [3.63, 3.8) is 0 Å². The van der Waals surface area contributed by atoms with Crippen molar-refractivity contribution >= 4 is 27.2 Å². The minimum atomic E-state index is -3.58. The van der Waals surface area contributed by atoms with E-state index < -0.39 is 10.0 Å². The number of thiocarbonyl (C=S) groups is 1. The Morgan fingerprint density at radius 3 is 2.24 bits per heavy atom. The molecule has 21 heavy (non-hydrogen) atoms. The molecule has 2 unspecified atom stereocenters. The van der Waals surface area contributed by atoms with Crippen LogP contribution in [0.3, 0.4) is 0 Å². The quantitative estimate of drug-likeness (QED) is 0.825. The second-order valence-electron chi connectivity index (χ2n) is 5.52. The van der Waals surface area contributed by atoms with Crippen LogP contribution in [0.25, 0.3) is 0 Å². The van der Waals surface area contributed by atoms with E-state index in [1.165, 1.54) is 12.1 Å². The van der Waals surface area contributed by atoms with Crippen molar-refractivity contribution in [1.82, 2.24) is 9.84 Å². The Morgan fingerprint density at radius 1 is 1.24 bits per heavy atom. The van der Waals surface area contributed by atoms with Crippen LogP contribution in [0.1, 0.15) is 38.7 Å². The van der Waals surface area contributed by atoms with E-state index in [-0.39, 0.29) is 22.0 Å². The van der Waals surface area contributed by atoms with E-state index in [1.54, 1.807) is 12.1 Å². The molecule has 0 amide bonds. The van der Waals surface area contributed by atoms with Crippen LogP contribution in [-0.2, 0) is 10.0 Å². The number of piperidine rings is 1. The molecule has 0 aromatic heterocycles. The van der Waals surface area contributed by atoms with Crippen LogP contribution >= 0.6 is 12.2 Å². The summed E-state index contributed by atoms with van der Waals surface area (Å²) in [6.45, 7) is 4.07. The van der Waals surface area contributed by atoms with Gasteiger partial charge in [-0.25, -0.2) is 13.4 Å². The van der Waals surface area contributed by atoms with Gasteiger partial charge in [-0.05, 0) is 38.8 Å². The number of hydrogen-bond donors (Lipinski definition) is 2.